The van der Waals surface area contributed by atoms with Crippen molar-refractivity contribution in [1.29, 1.82) is 0 Å². The molecule has 4 nitrogen and oxygen atoms in total. The van der Waals surface area contributed by atoms with E-state index in [-0.39, 0.29) is 11.9 Å². The minimum Gasteiger partial charge on any atom is -0.355 e. The molecule has 0 saturated heterocycles. The van der Waals surface area contributed by atoms with E-state index >= 15 is 0 Å². The van der Waals surface area contributed by atoms with Crippen LogP contribution in [-0.4, -0.2) is 42.3 Å². The molecule has 1 aliphatic rings. The standard InChI is InChI=1S/C15H28N2O2/c1-4-5-6-11-16-15(19)12(2)17(3)13-7-9-14(18)10-8-13/h12-13H,4-11H2,1-3H3,(H,16,19). The SMILES string of the molecule is CCCCCNC(=O)C(C)N(C)C1CCC(=O)CC1. The fraction of sp³-hybridized carbons (Fsp3) is 0.867. The Morgan fingerprint density at radius 1 is 1.37 bits per heavy atom. The predicted octanol–water partition coefficient (Wildman–Crippen LogP) is 2.12. The van der Waals surface area contributed by atoms with Crippen LogP contribution in [0.25, 0.3) is 0 Å². The van der Waals surface area contributed by atoms with Crippen LogP contribution in [0.5, 0.6) is 0 Å². The molecule has 1 rings (SSSR count). The highest BCUT2D eigenvalue weighted by atomic mass is 16.2. The Bertz CT molecular complexity index is 295. The first-order valence-electron chi connectivity index (χ1n) is 7.57. The van der Waals surface area contributed by atoms with Gasteiger partial charge in [0.2, 0.25) is 5.91 Å². The third-order valence-corrected chi connectivity index (χ3v) is 4.16. The average molecular weight is 268 g/mol. The van der Waals surface area contributed by atoms with E-state index in [0.717, 1.165) is 32.2 Å². The van der Waals surface area contributed by atoms with Gasteiger partial charge in [-0.15, -0.1) is 0 Å². The highest BCUT2D eigenvalue weighted by Gasteiger charge is 2.27. The van der Waals surface area contributed by atoms with E-state index in [1.165, 1.54) is 6.42 Å². The van der Waals surface area contributed by atoms with Crippen molar-refractivity contribution in [2.24, 2.45) is 0 Å². The van der Waals surface area contributed by atoms with Gasteiger partial charge in [0, 0.05) is 25.4 Å². The van der Waals surface area contributed by atoms with Crippen LogP contribution in [-0.2, 0) is 9.59 Å². The third-order valence-electron chi connectivity index (χ3n) is 4.16. The molecule has 0 aliphatic heterocycles. The Morgan fingerprint density at radius 2 is 2.00 bits per heavy atom. The molecule has 1 fully saturated rings. The summed E-state index contributed by atoms with van der Waals surface area (Å²) in [5.41, 5.74) is 0. The summed E-state index contributed by atoms with van der Waals surface area (Å²) in [6, 6.07) is 0.258. The van der Waals surface area contributed by atoms with E-state index < -0.39 is 0 Å². The zero-order valence-corrected chi connectivity index (χ0v) is 12.6. The second kappa shape index (κ2) is 8.31. The Labute approximate surface area is 116 Å². The number of carbonyl (C=O) groups is 2. The zero-order valence-electron chi connectivity index (χ0n) is 12.6. The van der Waals surface area contributed by atoms with Crippen LogP contribution in [0.4, 0.5) is 0 Å². The minimum atomic E-state index is -0.111. The molecule has 0 aromatic carbocycles. The monoisotopic (exact) mass is 268 g/mol. The van der Waals surface area contributed by atoms with Gasteiger partial charge in [0.1, 0.15) is 5.78 Å². The largest absolute Gasteiger partial charge is 0.355 e. The lowest BCUT2D eigenvalue weighted by atomic mass is 9.92. The lowest BCUT2D eigenvalue weighted by molar-refractivity contribution is -0.127. The smallest absolute Gasteiger partial charge is 0.237 e. The summed E-state index contributed by atoms with van der Waals surface area (Å²) in [5, 5.41) is 3.00. The number of likely N-dealkylation sites (N-methyl/N-ethyl adjacent to an activating group) is 1. The van der Waals surface area contributed by atoms with Gasteiger partial charge in [-0.1, -0.05) is 19.8 Å². The van der Waals surface area contributed by atoms with Gasteiger partial charge in [0.25, 0.3) is 0 Å². The molecule has 1 unspecified atom stereocenters. The van der Waals surface area contributed by atoms with Gasteiger partial charge in [-0.25, -0.2) is 0 Å². The Hall–Kier alpha value is -0.900. The van der Waals surface area contributed by atoms with E-state index in [1.807, 2.05) is 14.0 Å². The molecule has 110 valence electrons. The first-order valence-corrected chi connectivity index (χ1v) is 7.57. The van der Waals surface area contributed by atoms with Crippen LogP contribution in [0.15, 0.2) is 0 Å². The number of hydrogen-bond donors (Lipinski definition) is 1. The van der Waals surface area contributed by atoms with Gasteiger partial charge < -0.3 is 5.32 Å². The first-order chi connectivity index (χ1) is 9.06. The van der Waals surface area contributed by atoms with Crippen molar-refractivity contribution in [3.8, 4) is 0 Å². The van der Waals surface area contributed by atoms with E-state index in [0.29, 0.717) is 24.7 Å². The molecule has 0 radical (unpaired) electrons. The number of unbranched alkanes of at least 4 members (excludes halogenated alkanes) is 2. The number of nitrogens with zero attached hydrogens (tertiary/aromatic N) is 1. The van der Waals surface area contributed by atoms with E-state index in [4.69, 9.17) is 0 Å². The second-order valence-electron chi connectivity index (χ2n) is 5.61. The van der Waals surface area contributed by atoms with Crippen molar-refractivity contribution in [2.45, 2.75) is 70.9 Å². The molecule has 1 amide bonds. The average Bonchev–Trinajstić information content (AvgIpc) is 2.42. The van der Waals surface area contributed by atoms with Crippen LogP contribution < -0.4 is 5.32 Å². The molecule has 19 heavy (non-hydrogen) atoms. The number of Topliss-reactive ketones (excluding diaryl/α,β-unsaturated/α-hetero) is 1. The number of rotatable bonds is 7. The quantitative estimate of drug-likeness (QED) is 0.720. The molecule has 0 heterocycles. The highest BCUT2D eigenvalue weighted by molar-refractivity contribution is 5.81. The number of hydrogen-bond acceptors (Lipinski definition) is 3. The van der Waals surface area contributed by atoms with Crippen LogP contribution >= 0.6 is 0 Å². The highest BCUT2D eigenvalue weighted by Crippen LogP contribution is 2.21. The van der Waals surface area contributed by atoms with Gasteiger partial charge in [-0.2, -0.15) is 0 Å². The molecule has 1 aliphatic carbocycles. The van der Waals surface area contributed by atoms with Crippen molar-refractivity contribution in [2.75, 3.05) is 13.6 Å². The summed E-state index contributed by atoms with van der Waals surface area (Å²) in [5.74, 6) is 0.469. The summed E-state index contributed by atoms with van der Waals surface area (Å²) in [4.78, 5) is 25.4. The molecular weight excluding hydrogens is 240 g/mol. The fourth-order valence-electron chi connectivity index (χ4n) is 2.57. The number of carbonyl (C=O) groups excluding carboxylic acids is 2. The van der Waals surface area contributed by atoms with Crippen LogP contribution in [0.3, 0.4) is 0 Å². The Balaban J connectivity index is 2.32. The van der Waals surface area contributed by atoms with Gasteiger partial charge in [0.05, 0.1) is 6.04 Å². The van der Waals surface area contributed by atoms with Gasteiger partial charge >= 0.3 is 0 Å². The predicted molar refractivity (Wildman–Crippen MR) is 77.0 cm³/mol. The molecular formula is C15H28N2O2. The number of amides is 1. The van der Waals surface area contributed by atoms with Crippen molar-refractivity contribution >= 4 is 11.7 Å². The Kier molecular flexibility index (Phi) is 7.06. The summed E-state index contributed by atoms with van der Waals surface area (Å²) < 4.78 is 0. The maximum absolute atomic E-state index is 12.0. The topological polar surface area (TPSA) is 49.4 Å². The van der Waals surface area contributed by atoms with Crippen LogP contribution in [0, 0.1) is 0 Å². The molecule has 0 aromatic rings. The number of ketones is 1. The van der Waals surface area contributed by atoms with Gasteiger partial charge in [-0.05, 0) is 33.2 Å². The van der Waals surface area contributed by atoms with Crippen LogP contribution in [0.1, 0.15) is 58.8 Å². The van der Waals surface area contributed by atoms with Crippen LogP contribution in [0.2, 0.25) is 0 Å². The normalized spacial score (nSPS) is 18.6. The van der Waals surface area contributed by atoms with Crippen molar-refractivity contribution in [3.63, 3.8) is 0 Å². The summed E-state index contributed by atoms with van der Waals surface area (Å²) in [7, 11) is 2.00. The third kappa shape index (κ3) is 5.31. The molecule has 1 atom stereocenters. The lowest BCUT2D eigenvalue weighted by Gasteiger charge is -2.34. The zero-order chi connectivity index (χ0) is 14.3. The minimum absolute atomic E-state index is 0.107. The number of nitrogens with one attached hydrogen (secondary N) is 1. The maximum atomic E-state index is 12.0. The van der Waals surface area contributed by atoms with Crippen molar-refractivity contribution in [3.05, 3.63) is 0 Å². The van der Waals surface area contributed by atoms with Gasteiger partial charge in [0.15, 0.2) is 0 Å². The van der Waals surface area contributed by atoms with E-state index in [9.17, 15) is 9.59 Å². The van der Waals surface area contributed by atoms with Crippen molar-refractivity contribution in [1.82, 2.24) is 10.2 Å². The molecule has 0 aromatic heterocycles. The Morgan fingerprint density at radius 3 is 2.58 bits per heavy atom. The summed E-state index contributed by atoms with van der Waals surface area (Å²) >= 11 is 0. The molecule has 0 bridgehead atoms. The molecule has 0 spiro atoms. The molecule has 1 saturated carbocycles. The molecule has 1 N–H and O–H groups in total. The lowest BCUT2D eigenvalue weighted by Crippen LogP contribution is -2.48. The first kappa shape index (κ1) is 16.2. The van der Waals surface area contributed by atoms with Gasteiger partial charge in [-0.3, -0.25) is 14.5 Å². The van der Waals surface area contributed by atoms with Crippen molar-refractivity contribution < 1.29 is 9.59 Å². The second-order valence-corrected chi connectivity index (χ2v) is 5.61. The molecule has 4 heteroatoms. The van der Waals surface area contributed by atoms with E-state index in [2.05, 4.69) is 17.1 Å². The summed E-state index contributed by atoms with van der Waals surface area (Å²) in [6.45, 7) is 4.88. The maximum Gasteiger partial charge on any atom is 0.237 e. The summed E-state index contributed by atoms with van der Waals surface area (Å²) in [6.07, 6.45) is 6.50. The fourth-order valence-corrected chi connectivity index (χ4v) is 2.57. The van der Waals surface area contributed by atoms with E-state index in [1.54, 1.807) is 0 Å².